The smallest absolute Gasteiger partial charge is 0.294 e. The van der Waals surface area contributed by atoms with Gasteiger partial charge >= 0.3 is 0 Å². The maximum atomic E-state index is 13.9. The highest BCUT2D eigenvalue weighted by Gasteiger charge is 2.25. The van der Waals surface area contributed by atoms with Crippen molar-refractivity contribution < 1.29 is 70.6 Å². The van der Waals surface area contributed by atoms with E-state index in [4.69, 9.17) is 14.5 Å². The fourth-order valence-corrected chi connectivity index (χ4v) is 11.9. The summed E-state index contributed by atoms with van der Waals surface area (Å²) in [5.74, 6) is 0.664. The van der Waals surface area contributed by atoms with Crippen LogP contribution in [-0.4, -0.2) is 62.7 Å². The number of benzene rings is 7. The second-order valence-corrected chi connectivity index (χ2v) is 24.8. The highest BCUT2D eigenvalue weighted by Crippen LogP contribution is 2.34. The quantitative estimate of drug-likeness (QED) is 0.0353. The largest absolute Gasteiger partial charge is 0.457 e. The molecule has 0 radical (unpaired) electrons. The molecule has 0 unspecified atom stereocenters. The standard InChI is InChI=1S/C46H38O13S5.CH4O3S/c1-31-3-7-33(8-4-31)28-36-12-22-44(30-46(36)64(54,55)56)63(52,53)43-21-11-35(45(29-43)60-59-58-47)27-34-9-19-40(20-10-34)62(50,51)42-25-15-38(16-26-42)57-37-13-23-41(24-14-37)61(48,49)39-17-5-32(2)6-18-39;1-5(2,3)4/h3-26,29-30,47H,27-28H2,1-2H3,(H,54,55,56);1H3,(H,2,3,4). The summed E-state index contributed by atoms with van der Waals surface area (Å²) in [7, 11) is -20.6. The van der Waals surface area contributed by atoms with Gasteiger partial charge in [-0.2, -0.15) is 16.8 Å². The van der Waals surface area contributed by atoms with E-state index in [1.165, 1.54) is 91.0 Å². The number of ether oxygens (including phenoxy) is 1. The Bertz CT molecular complexity index is 3520. The van der Waals surface area contributed by atoms with Crippen LogP contribution in [0, 0.1) is 13.8 Å². The van der Waals surface area contributed by atoms with Gasteiger partial charge in [-0.3, -0.25) is 9.11 Å². The summed E-state index contributed by atoms with van der Waals surface area (Å²) < 4.78 is 152. The second-order valence-electron chi connectivity index (χ2n) is 15.3. The fraction of sp³-hybridized carbons (Fsp3) is 0.106. The number of rotatable bonds is 16. The van der Waals surface area contributed by atoms with Crippen molar-refractivity contribution in [3.63, 3.8) is 0 Å². The number of sulfone groups is 3. The fourth-order valence-electron chi connectivity index (χ4n) is 6.63. The monoisotopic (exact) mass is 1050 g/mol. The molecule has 0 amide bonds. The lowest BCUT2D eigenvalue weighted by Crippen LogP contribution is -2.09. The third kappa shape index (κ3) is 13.7. The Morgan fingerprint density at radius 2 is 0.783 bits per heavy atom. The Kier molecular flexibility index (Phi) is 16.4. The SMILES string of the molecule is CS(=O)(=O)O.Cc1ccc(Cc2ccc(S(=O)(=O)c3ccc(Cc4ccc(S(=O)(=O)c5ccc(Oc6ccc(S(=O)(=O)c7ccc(C)cc7)cc6)cc5)cc4)c(SOOO)c3)cc2S(=O)(=O)O)cc1. The van der Waals surface area contributed by atoms with E-state index in [2.05, 4.69) is 9.37 Å². The van der Waals surface area contributed by atoms with Gasteiger partial charge in [-0.15, -0.1) is 4.33 Å². The van der Waals surface area contributed by atoms with Gasteiger partial charge in [0.1, 0.15) is 11.5 Å². The van der Waals surface area contributed by atoms with E-state index in [0.717, 1.165) is 22.8 Å². The number of hydrogen-bond acceptors (Lipinski definition) is 15. The molecule has 16 nitrogen and oxygen atoms in total. The van der Waals surface area contributed by atoms with Crippen molar-refractivity contribution in [2.24, 2.45) is 0 Å². The topological polar surface area (TPSA) is 259 Å². The molecule has 0 aliphatic heterocycles. The van der Waals surface area contributed by atoms with Gasteiger partial charge in [-0.25, -0.2) is 30.5 Å². The van der Waals surface area contributed by atoms with Crippen molar-refractivity contribution in [3.05, 3.63) is 191 Å². The normalized spacial score (nSPS) is 12.2. The van der Waals surface area contributed by atoms with Crippen LogP contribution >= 0.6 is 12.0 Å². The van der Waals surface area contributed by atoms with Crippen molar-refractivity contribution >= 4 is 61.8 Å². The Balaban J connectivity index is 0.00000149. The average molecular weight is 1060 g/mol. The summed E-state index contributed by atoms with van der Waals surface area (Å²) >= 11 is 0.508. The Morgan fingerprint density at radius 1 is 0.449 bits per heavy atom. The first-order valence-electron chi connectivity index (χ1n) is 20.0. The zero-order valence-corrected chi connectivity index (χ0v) is 41.4. The van der Waals surface area contributed by atoms with Gasteiger partial charge in [0.25, 0.3) is 20.2 Å². The molecule has 0 atom stereocenters. The van der Waals surface area contributed by atoms with E-state index in [-0.39, 0.29) is 47.8 Å². The maximum absolute atomic E-state index is 13.9. The van der Waals surface area contributed by atoms with E-state index < -0.39 is 59.5 Å². The molecule has 0 bridgehead atoms. The molecule has 7 aromatic rings. The molecular formula is C47H42O16S6. The van der Waals surface area contributed by atoms with Crippen LogP contribution in [0.1, 0.15) is 33.4 Å². The minimum atomic E-state index is -4.83. The lowest BCUT2D eigenvalue weighted by atomic mass is 10.0. The van der Waals surface area contributed by atoms with Crippen molar-refractivity contribution in [1.29, 1.82) is 0 Å². The molecule has 7 aromatic carbocycles. The highest BCUT2D eigenvalue weighted by atomic mass is 32.2. The van der Waals surface area contributed by atoms with Gasteiger partial charge < -0.3 is 4.74 Å². The van der Waals surface area contributed by atoms with Gasteiger partial charge in [0, 0.05) is 4.90 Å². The van der Waals surface area contributed by atoms with Gasteiger partial charge in [0.2, 0.25) is 29.5 Å². The van der Waals surface area contributed by atoms with Gasteiger partial charge in [0.05, 0.1) is 52.6 Å². The van der Waals surface area contributed by atoms with Crippen LogP contribution in [-0.2, 0) is 72.0 Å². The predicted molar refractivity (Wildman–Crippen MR) is 255 cm³/mol. The van der Waals surface area contributed by atoms with Gasteiger partial charge in [0.15, 0.2) is 0 Å². The van der Waals surface area contributed by atoms with Crippen molar-refractivity contribution in [2.45, 2.75) is 65.9 Å². The summed E-state index contributed by atoms with van der Waals surface area (Å²) in [6.45, 7) is 3.77. The highest BCUT2D eigenvalue weighted by molar-refractivity contribution is 7.95. The average Bonchev–Trinajstić information content (AvgIpc) is 3.29. The molecular weight excluding hydrogens is 1010 g/mol. The molecule has 0 aromatic heterocycles. The van der Waals surface area contributed by atoms with Crippen LogP contribution in [0.25, 0.3) is 0 Å². The molecule has 0 saturated carbocycles. The molecule has 69 heavy (non-hydrogen) atoms. The van der Waals surface area contributed by atoms with Crippen molar-refractivity contribution in [1.82, 2.24) is 0 Å². The molecule has 0 spiro atoms. The second kappa shape index (κ2) is 21.5. The summed E-state index contributed by atoms with van der Waals surface area (Å²) in [5.41, 5.74) is 4.01. The van der Waals surface area contributed by atoms with E-state index in [9.17, 15) is 46.6 Å². The molecule has 22 heteroatoms. The summed E-state index contributed by atoms with van der Waals surface area (Å²) in [6, 6.07) is 39.0. The van der Waals surface area contributed by atoms with Crippen LogP contribution in [0.5, 0.6) is 11.5 Å². The Hall–Kier alpha value is -5.76. The van der Waals surface area contributed by atoms with Crippen LogP contribution in [0.2, 0.25) is 0 Å². The first-order valence-corrected chi connectivity index (χ1v) is 28.5. The third-order valence-electron chi connectivity index (χ3n) is 10.1. The van der Waals surface area contributed by atoms with Gasteiger partial charge in [-0.1, -0.05) is 76.8 Å². The van der Waals surface area contributed by atoms with Crippen LogP contribution in [0.4, 0.5) is 0 Å². The zero-order valence-electron chi connectivity index (χ0n) is 36.5. The van der Waals surface area contributed by atoms with Crippen LogP contribution in [0.15, 0.2) is 197 Å². The molecule has 0 saturated heterocycles. The lowest BCUT2D eigenvalue weighted by molar-refractivity contribution is -0.432. The number of hydrogen-bond donors (Lipinski definition) is 3. The predicted octanol–water partition coefficient (Wildman–Crippen LogP) is 8.95. The minimum absolute atomic E-state index is 0.00232. The van der Waals surface area contributed by atoms with Crippen LogP contribution in [0.3, 0.4) is 0 Å². The molecule has 362 valence electrons. The minimum Gasteiger partial charge on any atom is -0.457 e. The molecule has 0 fully saturated rings. The van der Waals surface area contributed by atoms with Crippen molar-refractivity contribution in [2.75, 3.05) is 6.26 Å². The first kappa shape index (κ1) is 52.6. The summed E-state index contributed by atoms with van der Waals surface area (Å²) in [4.78, 5) is -0.750. The first-order chi connectivity index (χ1) is 32.3. The van der Waals surface area contributed by atoms with Gasteiger partial charge in [-0.05, 0) is 146 Å². The molecule has 0 aliphatic rings. The molecule has 0 heterocycles. The van der Waals surface area contributed by atoms with E-state index in [0.29, 0.717) is 40.9 Å². The van der Waals surface area contributed by atoms with Crippen molar-refractivity contribution in [3.8, 4) is 11.5 Å². The Morgan fingerprint density at radius 3 is 1.22 bits per heavy atom. The maximum Gasteiger partial charge on any atom is 0.294 e. The van der Waals surface area contributed by atoms with Crippen LogP contribution < -0.4 is 4.74 Å². The summed E-state index contributed by atoms with van der Waals surface area (Å²) in [5, 5.41) is 12.7. The third-order valence-corrected chi connectivity index (χ3v) is 17.1. The molecule has 3 N–H and O–H groups in total. The summed E-state index contributed by atoms with van der Waals surface area (Å²) in [6.07, 6.45) is 0.987. The molecule has 7 rings (SSSR count). The van der Waals surface area contributed by atoms with E-state index in [1.807, 2.05) is 26.0 Å². The zero-order chi connectivity index (χ0) is 50.4. The Labute approximate surface area is 404 Å². The molecule has 0 aliphatic carbocycles. The van der Waals surface area contributed by atoms with E-state index in [1.54, 1.807) is 48.5 Å². The lowest BCUT2D eigenvalue weighted by Gasteiger charge is -2.13. The number of aryl methyl sites for hydroxylation is 2. The van der Waals surface area contributed by atoms with E-state index >= 15 is 0 Å².